The molecule has 3 aromatic rings. The molecule has 0 heterocycles. The molecule has 114 valence electrons. The zero-order chi connectivity index (χ0) is 16.2. The predicted octanol–water partition coefficient (Wildman–Crippen LogP) is 5.55. The third-order valence-corrected chi connectivity index (χ3v) is 5.09. The lowest BCUT2D eigenvalue weighted by Crippen LogP contribution is -2.17. The monoisotopic (exact) mass is 299 g/mol. The van der Waals surface area contributed by atoms with E-state index in [1.165, 1.54) is 38.9 Å². The molecule has 1 aliphatic carbocycles. The van der Waals surface area contributed by atoms with Gasteiger partial charge in [0.1, 0.15) is 0 Å². The quantitative estimate of drug-likeness (QED) is 0.586. The highest BCUT2D eigenvalue weighted by molar-refractivity contribution is 5.93. The molecule has 0 spiro atoms. The van der Waals surface area contributed by atoms with E-state index in [0.717, 1.165) is 5.69 Å². The molecule has 23 heavy (non-hydrogen) atoms. The van der Waals surface area contributed by atoms with Gasteiger partial charge in [0.15, 0.2) is 0 Å². The van der Waals surface area contributed by atoms with Crippen LogP contribution in [0.25, 0.3) is 22.3 Å². The summed E-state index contributed by atoms with van der Waals surface area (Å²) in [5.41, 5.74) is 16.3. The van der Waals surface area contributed by atoms with Gasteiger partial charge in [0.25, 0.3) is 0 Å². The Balaban J connectivity index is 2.07. The number of hydrogen-bond acceptors (Lipinski definition) is 1. The molecule has 0 aromatic heterocycles. The van der Waals surface area contributed by atoms with E-state index in [2.05, 4.69) is 75.4 Å². The molecule has 2 N–H and O–H groups in total. The summed E-state index contributed by atoms with van der Waals surface area (Å²) < 4.78 is 0. The van der Waals surface area contributed by atoms with Crippen LogP contribution in [0.2, 0.25) is 0 Å². The molecule has 0 saturated heterocycles. The van der Waals surface area contributed by atoms with Crippen molar-refractivity contribution in [2.75, 3.05) is 5.73 Å². The van der Waals surface area contributed by atoms with E-state index < -0.39 is 0 Å². The van der Waals surface area contributed by atoms with Crippen LogP contribution in [-0.2, 0) is 5.41 Å². The summed E-state index contributed by atoms with van der Waals surface area (Å²) in [4.78, 5) is 0. The van der Waals surface area contributed by atoms with E-state index in [1.807, 2.05) is 6.07 Å². The van der Waals surface area contributed by atoms with Crippen molar-refractivity contribution >= 4 is 5.69 Å². The second-order valence-corrected chi connectivity index (χ2v) is 6.99. The summed E-state index contributed by atoms with van der Waals surface area (Å²) in [6.45, 7) is 6.71. The normalized spacial score (nSPS) is 14.4. The van der Waals surface area contributed by atoms with Gasteiger partial charge in [-0.1, -0.05) is 74.0 Å². The first-order valence-electron chi connectivity index (χ1n) is 8.10. The van der Waals surface area contributed by atoms with Gasteiger partial charge in [-0.25, -0.2) is 0 Å². The van der Waals surface area contributed by atoms with E-state index in [0.29, 0.717) is 0 Å². The van der Waals surface area contributed by atoms with Gasteiger partial charge in [-0.05, 0) is 40.8 Å². The van der Waals surface area contributed by atoms with Crippen LogP contribution < -0.4 is 5.73 Å². The number of hydrogen-bond donors (Lipinski definition) is 1. The highest BCUT2D eigenvalue weighted by Gasteiger charge is 2.37. The maximum Gasteiger partial charge on any atom is 0.0397 e. The Morgan fingerprint density at radius 3 is 2.22 bits per heavy atom. The minimum absolute atomic E-state index is 0.0402. The van der Waals surface area contributed by atoms with E-state index >= 15 is 0 Å². The van der Waals surface area contributed by atoms with E-state index in [4.69, 9.17) is 5.73 Å². The Morgan fingerprint density at radius 2 is 1.48 bits per heavy atom. The van der Waals surface area contributed by atoms with Crippen LogP contribution in [0.15, 0.2) is 60.7 Å². The molecule has 0 aliphatic heterocycles. The van der Waals surface area contributed by atoms with Gasteiger partial charge in [0.05, 0.1) is 0 Å². The van der Waals surface area contributed by atoms with Crippen LogP contribution in [0.4, 0.5) is 5.69 Å². The first kappa shape index (κ1) is 14.1. The maximum atomic E-state index is 6.42. The molecule has 0 radical (unpaired) electrons. The van der Waals surface area contributed by atoms with Crippen molar-refractivity contribution in [3.05, 3.63) is 77.4 Å². The predicted molar refractivity (Wildman–Crippen MR) is 98.6 cm³/mol. The van der Waals surface area contributed by atoms with Crippen LogP contribution in [0.1, 0.15) is 30.5 Å². The molecular formula is C22H21N. The fraction of sp³-hybridized carbons (Fsp3) is 0.182. The standard InChI is InChI=1S/C22H21N/c1-14-8-10-15(11-9-14)20-19(23)13-12-17-16-6-4-5-7-18(16)22(2,3)21(17)20/h4-13H,23H2,1-3H3. The summed E-state index contributed by atoms with van der Waals surface area (Å²) in [5, 5.41) is 0. The topological polar surface area (TPSA) is 26.0 Å². The lowest BCUT2D eigenvalue weighted by molar-refractivity contribution is 0.662. The average molecular weight is 299 g/mol. The van der Waals surface area contributed by atoms with Gasteiger partial charge < -0.3 is 5.73 Å². The van der Waals surface area contributed by atoms with Gasteiger partial charge in [0, 0.05) is 16.7 Å². The smallest absolute Gasteiger partial charge is 0.0397 e. The number of nitrogens with two attached hydrogens (primary N) is 1. The van der Waals surface area contributed by atoms with Crippen molar-refractivity contribution in [3.8, 4) is 22.3 Å². The molecule has 1 heteroatoms. The number of rotatable bonds is 1. The molecular weight excluding hydrogens is 278 g/mol. The van der Waals surface area contributed by atoms with Crippen LogP contribution >= 0.6 is 0 Å². The van der Waals surface area contributed by atoms with Gasteiger partial charge in [-0.15, -0.1) is 0 Å². The van der Waals surface area contributed by atoms with Gasteiger partial charge in [-0.2, -0.15) is 0 Å². The molecule has 0 fully saturated rings. The molecule has 3 aromatic carbocycles. The largest absolute Gasteiger partial charge is 0.398 e. The fourth-order valence-corrected chi connectivity index (χ4v) is 3.92. The number of anilines is 1. The number of fused-ring (bicyclic) bond motifs is 3. The van der Waals surface area contributed by atoms with Crippen molar-refractivity contribution in [1.82, 2.24) is 0 Å². The van der Waals surface area contributed by atoms with Crippen LogP contribution in [0.5, 0.6) is 0 Å². The zero-order valence-electron chi connectivity index (χ0n) is 13.9. The number of benzene rings is 3. The Hall–Kier alpha value is -2.54. The highest BCUT2D eigenvalue weighted by atomic mass is 14.6. The van der Waals surface area contributed by atoms with Crippen molar-refractivity contribution in [2.45, 2.75) is 26.2 Å². The van der Waals surface area contributed by atoms with Gasteiger partial charge in [0.2, 0.25) is 0 Å². The lowest BCUT2D eigenvalue weighted by Gasteiger charge is -2.25. The zero-order valence-corrected chi connectivity index (χ0v) is 13.9. The summed E-state index contributed by atoms with van der Waals surface area (Å²) in [6.07, 6.45) is 0. The SMILES string of the molecule is Cc1ccc(-c2c(N)ccc3c2C(C)(C)c2ccccc2-3)cc1. The molecule has 1 aliphatic rings. The molecule has 1 nitrogen and oxygen atoms in total. The van der Waals surface area contributed by atoms with Crippen LogP contribution in [0, 0.1) is 6.92 Å². The molecule has 4 rings (SSSR count). The Kier molecular flexibility index (Phi) is 2.89. The summed E-state index contributed by atoms with van der Waals surface area (Å²) >= 11 is 0. The third kappa shape index (κ3) is 1.93. The summed E-state index contributed by atoms with van der Waals surface area (Å²) in [5.74, 6) is 0. The van der Waals surface area contributed by atoms with Gasteiger partial charge in [-0.3, -0.25) is 0 Å². The minimum Gasteiger partial charge on any atom is -0.398 e. The Morgan fingerprint density at radius 1 is 0.783 bits per heavy atom. The molecule has 0 amide bonds. The van der Waals surface area contributed by atoms with Gasteiger partial charge >= 0.3 is 0 Å². The molecule has 0 atom stereocenters. The highest BCUT2D eigenvalue weighted by Crippen LogP contribution is 2.53. The Labute approximate surface area is 137 Å². The van der Waals surface area contributed by atoms with Crippen molar-refractivity contribution < 1.29 is 0 Å². The first-order valence-corrected chi connectivity index (χ1v) is 8.10. The Bertz CT molecular complexity index is 902. The van der Waals surface area contributed by atoms with Crippen molar-refractivity contribution in [2.24, 2.45) is 0 Å². The third-order valence-electron chi connectivity index (χ3n) is 5.09. The molecule has 0 unspecified atom stereocenters. The van der Waals surface area contributed by atoms with E-state index in [1.54, 1.807) is 0 Å². The van der Waals surface area contributed by atoms with Crippen molar-refractivity contribution in [3.63, 3.8) is 0 Å². The van der Waals surface area contributed by atoms with Crippen LogP contribution in [0.3, 0.4) is 0 Å². The lowest BCUT2D eigenvalue weighted by atomic mass is 9.78. The number of nitrogen functional groups attached to an aromatic ring is 1. The van der Waals surface area contributed by atoms with E-state index in [9.17, 15) is 0 Å². The minimum atomic E-state index is -0.0402. The van der Waals surface area contributed by atoms with Crippen molar-refractivity contribution in [1.29, 1.82) is 0 Å². The summed E-state index contributed by atoms with van der Waals surface area (Å²) in [6, 6.07) is 21.6. The second kappa shape index (κ2) is 4.73. The van der Waals surface area contributed by atoms with Crippen LogP contribution in [-0.4, -0.2) is 0 Å². The van der Waals surface area contributed by atoms with E-state index in [-0.39, 0.29) is 5.41 Å². The summed E-state index contributed by atoms with van der Waals surface area (Å²) in [7, 11) is 0. The number of aryl methyl sites for hydroxylation is 1. The molecule has 0 saturated carbocycles. The molecule has 0 bridgehead atoms. The first-order chi connectivity index (χ1) is 11.0. The second-order valence-electron chi connectivity index (χ2n) is 6.99. The average Bonchev–Trinajstić information content (AvgIpc) is 2.77. The fourth-order valence-electron chi connectivity index (χ4n) is 3.92. The maximum absolute atomic E-state index is 6.42.